The van der Waals surface area contributed by atoms with Gasteiger partial charge in [0.15, 0.2) is 0 Å². The largest absolute Gasteiger partial charge is 0.377 e. The molecule has 0 radical (unpaired) electrons. The summed E-state index contributed by atoms with van der Waals surface area (Å²) in [4.78, 5) is 4.60. The number of ether oxygens (including phenoxy) is 2. The van der Waals surface area contributed by atoms with Crippen molar-refractivity contribution in [2.75, 3.05) is 53.6 Å². The topological polar surface area (TPSA) is 24.9 Å². The van der Waals surface area contributed by atoms with Crippen molar-refractivity contribution in [3.8, 4) is 0 Å². The van der Waals surface area contributed by atoms with Crippen LogP contribution in [-0.2, 0) is 16.0 Å². The summed E-state index contributed by atoms with van der Waals surface area (Å²) in [5.41, 5.74) is 0.947. The molecule has 2 saturated heterocycles. The summed E-state index contributed by atoms with van der Waals surface area (Å²) < 4.78 is 25.1. The molecule has 1 aromatic rings. The first kappa shape index (κ1) is 16.8. The van der Waals surface area contributed by atoms with Gasteiger partial charge in [-0.15, -0.1) is 0 Å². The second kappa shape index (κ2) is 7.26. The van der Waals surface area contributed by atoms with Gasteiger partial charge in [0.2, 0.25) is 0 Å². The first-order valence-electron chi connectivity index (χ1n) is 8.38. The molecule has 23 heavy (non-hydrogen) atoms. The van der Waals surface area contributed by atoms with Gasteiger partial charge in [0.25, 0.3) is 0 Å². The summed E-state index contributed by atoms with van der Waals surface area (Å²) >= 11 is 0. The van der Waals surface area contributed by atoms with Crippen molar-refractivity contribution >= 4 is 0 Å². The average Bonchev–Trinajstić information content (AvgIpc) is 2.76. The van der Waals surface area contributed by atoms with Crippen molar-refractivity contribution in [2.45, 2.75) is 18.6 Å². The van der Waals surface area contributed by atoms with E-state index in [1.165, 1.54) is 12.1 Å². The third-order valence-corrected chi connectivity index (χ3v) is 4.66. The highest BCUT2D eigenvalue weighted by Gasteiger charge is 2.43. The van der Waals surface area contributed by atoms with Crippen LogP contribution in [0, 0.1) is 11.7 Å². The molecule has 2 aliphatic heterocycles. The molecule has 0 N–H and O–H groups in total. The Labute approximate surface area is 138 Å². The molecule has 2 fully saturated rings. The Morgan fingerprint density at radius 3 is 2.83 bits per heavy atom. The standard InChI is InChI=1S/C18H27FN2O2/c1-20(2)10-16-9-18(23-12-16)13-21(7-8-22-14-18)11-15-3-5-17(19)6-4-15/h3-6,16H,7-14H2,1-2H3/t16-,18-/m0/s1. The van der Waals surface area contributed by atoms with Crippen LogP contribution in [0.5, 0.6) is 0 Å². The van der Waals surface area contributed by atoms with Crippen LogP contribution in [0.1, 0.15) is 12.0 Å². The molecule has 128 valence electrons. The Kier molecular flexibility index (Phi) is 5.31. The molecule has 0 saturated carbocycles. The lowest BCUT2D eigenvalue weighted by Gasteiger charge is -2.31. The van der Waals surface area contributed by atoms with Crippen LogP contribution in [-0.4, -0.2) is 69.0 Å². The first-order chi connectivity index (χ1) is 11.0. The van der Waals surface area contributed by atoms with E-state index in [9.17, 15) is 4.39 Å². The molecule has 1 spiro atoms. The van der Waals surface area contributed by atoms with Gasteiger partial charge in [0.05, 0.1) is 19.8 Å². The van der Waals surface area contributed by atoms with E-state index in [2.05, 4.69) is 23.9 Å². The third-order valence-electron chi connectivity index (χ3n) is 4.66. The molecule has 0 aromatic heterocycles. The van der Waals surface area contributed by atoms with Crippen LogP contribution in [0.25, 0.3) is 0 Å². The fourth-order valence-electron chi connectivity index (χ4n) is 3.75. The van der Waals surface area contributed by atoms with Crippen molar-refractivity contribution in [3.63, 3.8) is 0 Å². The molecule has 0 amide bonds. The summed E-state index contributed by atoms with van der Waals surface area (Å²) in [6.45, 7) is 5.86. The van der Waals surface area contributed by atoms with E-state index in [-0.39, 0.29) is 11.4 Å². The molecule has 1 aromatic carbocycles. The van der Waals surface area contributed by atoms with Gasteiger partial charge < -0.3 is 14.4 Å². The lowest BCUT2D eigenvalue weighted by atomic mass is 9.94. The van der Waals surface area contributed by atoms with Crippen molar-refractivity contribution in [2.24, 2.45) is 5.92 Å². The molecule has 4 nitrogen and oxygen atoms in total. The van der Waals surface area contributed by atoms with Crippen LogP contribution in [0.4, 0.5) is 4.39 Å². The summed E-state index contributed by atoms with van der Waals surface area (Å²) in [5, 5.41) is 0. The first-order valence-corrected chi connectivity index (χ1v) is 8.38. The summed E-state index contributed by atoms with van der Waals surface area (Å²) in [5.74, 6) is 0.384. The SMILES string of the molecule is CN(C)C[C@H]1CO[C@@]2(COCCN(Cc3ccc(F)cc3)C2)C1. The van der Waals surface area contributed by atoms with E-state index in [0.717, 1.165) is 51.4 Å². The van der Waals surface area contributed by atoms with E-state index in [1.54, 1.807) is 0 Å². The van der Waals surface area contributed by atoms with Crippen LogP contribution in [0.2, 0.25) is 0 Å². The molecular formula is C18H27FN2O2. The van der Waals surface area contributed by atoms with Gasteiger partial charge in [-0.25, -0.2) is 4.39 Å². The minimum atomic E-state index is -0.185. The minimum absolute atomic E-state index is 0.183. The smallest absolute Gasteiger partial charge is 0.123 e. The van der Waals surface area contributed by atoms with E-state index in [1.807, 2.05) is 12.1 Å². The highest BCUT2D eigenvalue weighted by Crippen LogP contribution is 2.33. The van der Waals surface area contributed by atoms with E-state index >= 15 is 0 Å². The second-order valence-electron chi connectivity index (χ2n) is 7.22. The summed E-state index contributed by atoms with van der Waals surface area (Å²) in [6, 6.07) is 6.77. The Balaban J connectivity index is 1.63. The number of hydrogen-bond donors (Lipinski definition) is 0. The molecule has 2 atom stereocenters. The maximum atomic E-state index is 13.1. The molecule has 0 bridgehead atoms. The van der Waals surface area contributed by atoms with Crippen LogP contribution >= 0.6 is 0 Å². The Hall–Kier alpha value is -1.01. The van der Waals surface area contributed by atoms with Crippen molar-refractivity contribution in [1.29, 1.82) is 0 Å². The zero-order valence-electron chi connectivity index (χ0n) is 14.1. The van der Waals surface area contributed by atoms with Gasteiger partial charge in [0, 0.05) is 26.2 Å². The number of halogens is 1. The minimum Gasteiger partial charge on any atom is -0.377 e. The van der Waals surface area contributed by atoms with Gasteiger partial charge in [-0.3, -0.25) is 4.90 Å². The monoisotopic (exact) mass is 322 g/mol. The normalized spacial score (nSPS) is 29.3. The summed E-state index contributed by atoms with van der Waals surface area (Å²) in [6.07, 6.45) is 1.05. The van der Waals surface area contributed by atoms with Crippen molar-refractivity contribution in [1.82, 2.24) is 9.80 Å². The molecular weight excluding hydrogens is 295 g/mol. The third kappa shape index (κ3) is 4.51. The maximum absolute atomic E-state index is 13.1. The Morgan fingerprint density at radius 2 is 2.09 bits per heavy atom. The molecule has 2 heterocycles. The van der Waals surface area contributed by atoms with Crippen LogP contribution < -0.4 is 0 Å². The van der Waals surface area contributed by atoms with Crippen molar-refractivity contribution in [3.05, 3.63) is 35.6 Å². The van der Waals surface area contributed by atoms with Crippen molar-refractivity contribution < 1.29 is 13.9 Å². The zero-order valence-corrected chi connectivity index (χ0v) is 14.1. The zero-order chi connectivity index (χ0) is 16.3. The summed E-state index contributed by atoms with van der Waals surface area (Å²) in [7, 11) is 4.21. The highest BCUT2D eigenvalue weighted by atomic mass is 19.1. The second-order valence-corrected chi connectivity index (χ2v) is 7.22. The number of hydrogen-bond acceptors (Lipinski definition) is 4. The lowest BCUT2D eigenvalue weighted by molar-refractivity contribution is -0.0563. The maximum Gasteiger partial charge on any atom is 0.123 e. The van der Waals surface area contributed by atoms with Crippen LogP contribution in [0.3, 0.4) is 0 Å². The predicted molar refractivity (Wildman–Crippen MR) is 87.8 cm³/mol. The van der Waals surface area contributed by atoms with Gasteiger partial charge in [0.1, 0.15) is 11.4 Å². The van der Waals surface area contributed by atoms with Gasteiger partial charge in [-0.1, -0.05) is 12.1 Å². The Bertz CT molecular complexity index is 508. The van der Waals surface area contributed by atoms with Gasteiger partial charge in [-0.2, -0.15) is 0 Å². The number of rotatable bonds is 4. The fourth-order valence-corrected chi connectivity index (χ4v) is 3.75. The van der Waals surface area contributed by atoms with Gasteiger partial charge >= 0.3 is 0 Å². The van der Waals surface area contributed by atoms with Gasteiger partial charge in [-0.05, 0) is 44.1 Å². The van der Waals surface area contributed by atoms with Crippen LogP contribution in [0.15, 0.2) is 24.3 Å². The predicted octanol–water partition coefficient (Wildman–Crippen LogP) is 1.99. The van der Waals surface area contributed by atoms with E-state index in [0.29, 0.717) is 12.5 Å². The number of nitrogens with zero attached hydrogens (tertiary/aromatic N) is 2. The quantitative estimate of drug-likeness (QED) is 0.846. The van der Waals surface area contributed by atoms with E-state index in [4.69, 9.17) is 9.47 Å². The van der Waals surface area contributed by atoms with E-state index < -0.39 is 0 Å². The molecule has 0 unspecified atom stereocenters. The molecule has 5 heteroatoms. The number of benzene rings is 1. The Morgan fingerprint density at radius 1 is 1.30 bits per heavy atom. The average molecular weight is 322 g/mol. The highest BCUT2D eigenvalue weighted by molar-refractivity contribution is 5.16. The fraction of sp³-hybridized carbons (Fsp3) is 0.667. The molecule has 3 rings (SSSR count). The lowest BCUT2D eigenvalue weighted by Crippen LogP contribution is -2.44. The molecule has 2 aliphatic rings. The molecule has 0 aliphatic carbocycles.